The van der Waals surface area contributed by atoms with Crippen molar-refractivity contribution in [2.75, 3.05) is 24.3 Å². The molecule has 35 heavy (non-hydrogen) atoms. The second-order valence-corrected chi connectivity index (χ2v) is 8.18. The molecule has 0 aliphatic heterocycles. The first-order valence-corrected chi connectivity index (χ1v) is 10.8. The van der Waals surface area contributed by atoms with Gasteiger partial charge in [-0.15, -0.1) is 0 Å². The van der Waals surface area contributed by atoms with Gasteiger partial charge in [0.2, 0.25) is 0 Å². The van der Waals surface area contributed by atoms with E-state index in [4.69, 9.17) is 16.3 Å². The molecule has 0 spiro atoms. The van der Waals surface area contributed by atoms with Gasteiger partial charge >= 0.3 is 6.03 Å². The molecule has 0 aromatic heterocycles. The van der Waals surface area contributed by atoms with E-state index in [0.717, 1.165) is 34.7 Å². The third-order valence-corrected chi connectivity index (χ3v) is 5.46. The van der Waals surface area contributed by atoms with Crippen LogP contribution in [0.1, 0.15) is 10.4 Å². The zero-order valence-corrected chi connectivity index (χ0v) is 19.5. The van der Waals surface area contributed by atoms with Crippen LogP contribution in [0.15, 0.2) is 72.8 Å². The highest BCUT2D eigenvalue weighted by molar-refractivity contribution is 6.32. The minimum Gasteiger partial charge on any atom is -0.455 e. The van der Waals surface area contributed by atoms with E-state index in [9.17, 15) is 18.4 Å². The molecule has 0 saturated carbocycles. The predicted octanol–water partition coefficient (Wildman–Crippen LogP) is 6.59. The van der Waals surface area contributed by atoms with Gasteiger partial charge in [0.15, 0.2) is 0 Å². The molecule has 3 amide bonds. The molecule has 4 rings (SSSR count). The standard InChI is InChI=1S/C26H20ClF2N3O3/c1-32(2)21-11-13-22(17-7-4-3-6-16(17)21)35-23-12-10-15(14-18(23)27)30-26(34)31-25(33)24-19(28)8-5-9-20(24)29/h3-14H,1-2H3,(H2,30,31,33,34). The molecule has 0 fully saturated rings. The van der Waals surface area contributed by atoms with Crippen molar-refractivity contribution >= 4 is 45.7 Å². The number of carbonyl (C=O) groups excluding carboxylic acids is 2. The number of imide groups is 1. The normalized spacial score (nSPS) is 10.7. The molecule has 0 saturated heterocycles. The van der Waals surface area contributed by atoms with Crippen LogP contribution in [0.4, 0.5) is 25.0 Å². The fraction of sp³-hybridized carbons (Fsp3) is 0.0769. The SMILES string of the molecule is CN(C)c1ccc(Oc2ccc(NC(=O)NC(=O)c3c(F)cccc3F)cc2Cl)c2ccccc12. The highest BCUT2D eigenvalue weighted by Crippen LogP contribution is 2.38. The van der Waals surface area contributed by atoms with E-state index in [1.165, 1.54) is 12.1 Å². The van der Waals surface area contributed by atoms with Gasteiger partial charge in [-0.2, -0.15) is 0 Å². The van der Waals surface area contributed by atoms with E-state index in [2.05, 4.69) is 5.32 Å². The van der Waals surface area contributed by atoms with E-state index in [0.29, 0.717) is 11.5 Å². The van der Waals surface area contributed by atoms with Gasteiger partial charge in [0.05, 0.1) is 5.02 Å². The molecule has 2 N–H and O–H groups in total. The van der Waals surface area contributed by atoms with E-state index in [1.54, 1.807) is 6.07 Å². The fourth-order valence-corrected chi connectivity index (χ4v) is 3.78. The molecular weight excluding hydrogens is 476 g/mol. The van der Waals surface area contributed by atoms with E-state index >= 15 is 0 Å². The number of hydrogen-bond acceptors (Lipinski definition) is 4. The Kier molecular flexibility index (Phi) is 6.84. The zero-order valence-electron chi connectivity index (χ0n) is 18.7. The zero-order chi connectivity index (χ0) is 25.1. The van der Waals surface area contributed by atoms with Crippen LogP contribution in [-0.4, -0.2) is 26.0 Å². The van der Waals surface area contributed by atoms with Gasteiger partial charge in [0.25, 0.3) is 5.91 Å². The average molecular weight is 496 g/mol. The molecule has 0 radical (unpaired) electrons. The summed E-state index contributed by atoms with van der Waals surface area (Å²) in [6.07, 6.45) is 0. The Hall–Kier alpha value is -4.17. The smallest absolute Gasteiger partial charge is 0.326 e. The van der Waals surface area contributed by atoms with E-state index in [-0.39, 0.29) is 10.7 Å². The van der Waals surface area contributed by atoms with Crippen LogP contribution in [0, 0.1) is 11.6 Å². The van der Waals surface area contributed by atoms with Gasteiger partial charge in [0, 0.05) is 36.2 Å². The van der Waals surface area contributed by atoms with Crippen molar-refractivity contribution in [2.24, 2.45) is 0 Å². The van der Waals surface area contributed by atoms with Crippen LogP contribution < -0.4 is 20.3 Å². The fourth-order valence-electron chi connectivity index (χ4n) is 3.56. The lowest BCUT2D eigenvalue weighted by atomic mass is 10.1. The highest BCUT2D eigenvalue weighted by atomic mass is 35.5. The van der Waals surface area contributed by atoms with Gasteiger partial charge in [-0.3, -0.25) is 10.1 Å². The summed E-state index contributed by atoms with van der Waals surface area (Å²) in [5.74, 6) is -2.41. The molecular formula is C26H20ClF2N3O3. The summed E-state index contributed by atoms with van der Waals surface area (Å²) in [5.41, 5.74) is 0.431. The van der Waals surface area contributed by atoms with Gasteiger partial charge in [0.1, 0.15) is 28.7 Å². The molecule has 0 aliphatic carbocycles. The number of benzene rings is 4. The van der Waals surface area contributed by atoms with Crippen LogP contribution >= 0.6 is 11.6 Å². The van der Waals surface area contributed by atoms with Crippen LogP contribution in [0.25, 0.3) is 10.8 Å². The number of fused-ring (bicyclic) bond motifs is 1. The van der Waals surface area contributed by atoms with Gasteiger partial charge in [-0.25, -0.2) is 13.6 Å². The Morgan fingerprint density at radius 2 is 1.51 bits per heavy atom. The van der Waals surface area contributed by atoms with Crippen LogP contribution in [0.3, 0.4) is 0 Å². The third kappa shape index (κ3) is 5.17. The van der Waals surface area contributed by atoms with Crippen LogP contribution in [0.5, 0.6) is 11.5 Å². The lowest BCUT2D eigenvalue weighted by molar-refractivity contribution is 0.0959. The van der Waals surface area contributed by atoms with E-state index in [1.807, 2.05) is 60.7 Å². The highest BCUT2D eigenvalue weighted by Gasteiger charge is 2.19. The van der Waals surface area contributed by atoms with Crippen LogP contribution in [-0.2, 0) is 0 Å². The number of ether oxygens (including phenoxy) is 1. The lowest BCUT2D eigenvalue weighted by Crippen LogP contribution is -2.35. The summed E-state index contributed by atoms with van der Waals surface area (Å²) in [6.45, 7) is 0. The monoisotopic (exact) mass is 495 g/mol. The quantitative estimate of drug-likeness (QED) is 0.327. The first kappa shape index (κ1) is 24.0. The van der Waals surface area contributed by atoms with Crippen molar-refractivity contribution < 1.29 is 23.1 Å². The number of urea groups is 1. The number of rotatable bonds is 5. The number of halogens is 3. The number of anilines is 2. The molecule has 0 unspecified atom stereocenters. The molecule has 9 heteroatoms. The Morgan fingerprint density at radius 1 is 0.857 bits per heavy atom. The second-order valence-electron chi connectivity index (χ2n) is 7.78. The first-order chi connectivity index (χ1) is 16.7. The Bertz CT molecular complexity index is 1420. The maximum Gasteiger partial charge on any atom is 0.326 e. The number of hydrogen-bond donors (Lipinski definition) is 2. The number of carbonyl (C=O) groups is 2. The summed E-state index contributed by atoms with van der Waals surface area (Å²) >= 11 is 6.37. The minimum absolute atomic E-state index is 0.204. The molecule has 0 heterocycles. The lowest BCUT2D eigenvalue weighted by Gasteiger charge is -2.18. The topological polar surface area (TPSA) is 70.7 Å². The number of nitrogens with zero attached hydrogens (tertiary/aromatic N) is 1. The average Bonchev–Trinajstić information content (AvgIpc) is 2.80. The Morgan fingerprint density at radius 3 is 2.17 bits per heavy atom. The van der Waals surface area contributed by atoms with Crippen molar-refractivity contribution in [1.82, 2.24) is 5.32 Å². The summed E-state index contributed by atoms with van der Waals surface area (Å²) < 4.78 is 33.5. The number of nitrogens with one attached hydrogen (secondary N) is 2. The summed E-state index contributed by atoms with van der Waals surface area (Å²) in [5, 5.41) is 6.40. The van der Waals surface area contributed by atoms with Crippen molar-refractivity contribution in [3.05, 3.63) is 95.0 Å². The third-order valence-electron chi connectivity index (χ3n) is 5.17. The first-order valence-electron chi connectivity index (χ1n) is 10.5. The van der Waals surface area contributed by atoms with E-state index < -0.39 is 29.1 Å². The van der Waals surface area contributed by atoms with Crippen LogP contribution in [0.2, 0.25) is 5.02 Å². The second kappa shape index (κ2) is 9.99. The maximum atomic E-state index is 13.7. The van der Waals surface area contributed by atoms with Crippen molar-refractivity contribution in [2.45, 2.75) is 0 Å². The molecule has 0 aliphatic rings. The Labute approximate surface area is 205 Å². The van der Waals surface area contributed by atoms with Gasteiger partial charge < -0.3 is 15.0 Å². The van der Waals surface area contributed by atoms with Crippen molar-refractivity contribution in [3.63, 3.8) is 0 Å². The molecule has 4 aromatic rings. The minimum atomic E-state index is -1.21. The summed E-state index contributed by atoms with van der Waals surface area (Å²) in [6, 6.07) is 18.1. The Balaban J connectivity index is 1.49. The maximum absolute atomic E-state index is 13.7. The van der Waals surface area contributed by atoms with Crippen molar-refractivity contribution in [3.8, 4) is 11.5 Å². The summed E-state index contributed by atoms with van der Waals surface area (Å²) in [4.78, 5) is 26.3. The molecule has 4 aromatic carbocycles. The van der Waals surface area contributed by atoms with Crippen molar-refractivity contribution in [1.29, 1.82) is 0 Å². The molecule has 6 nitrogen and oxygen atoms in total. The number of amides is 3. The van der Waals surface area contributed by atoms with Gasteiger partial charge in [-0.1, -0.05) is 41.9 Å². The molecule has 0 bridgehead atoms. The van der Waals surface area contributed by atoms with Gasteiger partial charge in [-0.05, 0) is 42.5 Å². The molecule has 178 valence electrons. The largest absolute Gasteiger partial charge is 0.455 e. The molecule has 0 atom stereocenters. The predicted molar refractivity (Wildman–Crippen MR) is 133 cm³/mol. The summed E-state index contributed by atoms with van der Waals surface area (Å²) in [7, 11) is 3.92.